The predicted octanol–water partition coefficient (Wildman–Crippen LogP) is 3.26. The van der Waals surface area contributed by atoms with E-state index in [9.17, 15) is 0 Å². The molecule has 0 bridgehead atoms. The summed E-state index contributed by atoms with van der Waals surface area (Å²) in [7, 11) is 0. The van der Waals surface area contributed by atoms with Gasteiger partial charge >= 0.3 is 0 Å². The van der Waals surface area contributed by atoms with E-state index in [0.717, 1.165) is 12.5 Å². The molecule has 0 aromatic rings. The lowest BCUT2D eigenvalue weighted by atomic mass is 9.82. The summed E-state index contributed by atoms with van der Waals surface area (Å²) >= 11 is 0. The lowest BCUT2D eigenvalue weighted by molar-refractivity contribution is -0.0124. The minimum absolute atomic E-state index is 0.440. The third-order valence-corrected chi connectivity index (χ3v) is 2.90. The normalized spacial score (nSPS) is 29.7. The van der Waals surface area contributed by atoms with Gasteiger partial charge in [0.25, 0.3) is 0 Å². The monoisotopic (exact) mass is 182 g/mol. The largest absolute Gasteiger partial charge is 0.374 e. The Morgan fingerprint density at radius 3 is 2.31 bits per heavy atom. The van der Waals surface area contributed by atoms with Crippen molar-refractivity contribution in [3.63, 3.8) is 0 Å². The minimum atomic E-state index is 0.440. The van der Waals surface area contributed by atoms with Crippen LogP contribution in [0.15, 0.2) is 12.2 Å². The molecule has 13 heavy (non-hydrogen) atoms. The summed E-state index contributed by atoms with van der Waals surface area (Å²) in [6, 6.07) is 0. The summed E-state index contributed by atoms with van der Waals surface area (Å²) < 4.78 is 5.85. The SMILES string of the molecule is CC(C)[C@@H]1CC=CCO[C@H]1C(C)C. The zero-order valence-electron chi connectivity index (χ0n) is 9.29. The Labute approximate surface area is 82.2 Å². The molecule has 0 spiro atoms. The summed E-state index contributed by atoms with van der Waals surface area (Å²) in [5.41, 5.74) is 0. The molecule has 1 aliphatic rings. The molecule has 1 heterocycles. The third kappa shape index (κ3) is 2.84. The highest BCUT2D eigenvalue weighted by Crippen LogP contribution is 2.28. The molecule has 0 fully saturated rings. The van der Waals surface area contributed by atoms with E-state index in [1.807, 2.05) is 0 Å². The molecule has 1 nitrogen and oxygen atoms in total. The smallest absolute Gasteiger partial charge is 0.0651 e. The average molecular weight is 182 g/mol. The number of hydrogen-bond acceptors (Lipinski definition) is 1. The van der Waals surface area contributed by atoms with E-state index in [-0.39, 0.29) is 0 Å². The highest BCUT2D eigenvalue weighted by molar-refractivity contribution is 4.92. The second-order valence-electron chi connectivity index (χ2n) is 4.66. The van der Waals surface area contributed by atoms with Crippen molar-refractivity contribution in [1.82, 2.24) is 0 Å². The van der Waals surface area contributed by atoms with Gasteiger partial charge in [0.1, 0.15) is 0 Å². The lowest BCUT2D eigenvalue weighted by Crippen LogP contribution is -2.31. The van der Waals surface area contributed by atoms with Crippen LogP contribution in [0, 0.1) is 17.8 Å². The molecule has 1 heteroatoms. The van der Waals surface area contributed by atoms with Crippen molar-refractivity contribution in [2.24, 2.45) is 17.8 Å². The lowest BCUT2D eigenvalue weighted by Gasteiger charge is -2.30. The minimum Gasteiger partial charge on any atom is -0.374 e. The summed E-state index contributed by atoms with van der Waals surface area (Å²) in [6.45, 7) is 9.90. The van der Waals surface area contributed by atoms with Gasteiger partial charge in [0.2, 0.25) is 0 Å². The molecule has 0 aromatic carbocycles. The molecule has 0 aliphatic carbocycles. The average Bonchev–Trinajstić information content (AvgIpc) is 2.27. The van der Waals surface area contributed by atoms with Crippen LogP contribution in [0.5, 0.6) is 0 Å². The van der Waals surface area contributed by atoms with Crippen LogP contribution < -0.4 is 0 Å². The molecule has 0 saturated carbocycles. The molecular formula is C12H22O. The molecule has 0 unspecified atom stereocenters. The van der Waals surface area contributed by atoms with Crippen LogP contribution in [-0.4, -0.2) is 12.7 Å². The van der Waals surface area contributed by atoms with Gasteiger partial charge in [-0.2, -0.15) is 0 Å². The van der Waals surface area contributed by atoms with Crippen LogP contribution in [0.4, 0.5) is 0 Å². The van der Waals surface area contributed by atoms with Crippen molar-refractivity contribution in [2.75, 3.05) is 6.61 Å². The summed E-state index contributed by atoms with van der Waals surface area (Å²) in [5.74, 6) is 2.04. The maximum Gasteiger partial charge on any atom is 0.0651 e. The van der Waals surface area contributed by atoms with Gasteiger partial charge in [-0.15, -0.1) is 0 Å². The summed E-state index contributed by atoms with van der Waals surface area (Å²) in [6.07, 6.45) is 6.04. The standard InChI is InChI=1S/C12H22O/c1-9(2)11-7-5-6-8-13-12(11)10(3)4/h5-6,9-12H,7-8H2,1-4H3/t11-,12-/m0/s1. The molecular weight excluding hydrogens is 160 g/mol. The predicted molar refractivity (Wildman–Crippen MR) is 56.7 cm³/mol. The molecule has 0 saturated heterocycles. The highest BCUT2D eigenvalue weighted by atomic mass is 16.5. The molecule has 2 atom stereocenters. The van der Waals surface area contributed by atoms with E-state index in [4.69, 9.17) is 4.74 Å². The first-order chi connectivity index (χ1) is 6.13. The fourth-order valence-corrected chi connectivity index (χ4v) is 2.08. The number of allylic oxidation sites excluding steroid dienone is 1. The maximum atomic E-state index is 5.85. The zero-order valence-corrected chi connectivity index (χ0v) is 9.29. The van der Waals surface area contributed by atoms with Crippen molar-refractivity contribution >= 4 is 0 Å². The van der Waals surface area contributed by atoms with E-state index in [0.29, 0.717) is 17.9 Å². The second kappa shape index (κ2) is 4.80. The number of hydrogen-bond donors (Lipinski definition) is 0. The Balaban J connectivity index is 2.66. The Kier molecular flexibility index (Phi) is 3.98. The number of ether oxygens (including phenoxy) is 1. The third-order valence-electron chi connectivity index (χ3n) is 2.90. The van der Waals surface area contributed by atoms with Crippen molar-refractivity contribution in [3.8, 4) is 0 Å². The first-order valence-electron chi connectivity index (χ1n) is 5.39. The van der Waals surface area contributed by atoms with Gasteiger partial charge in [0.05, 0.1) is 12.7 Å². The zero-order chi connectivity index (χ0) is 9.84. The Hall–Kier alpha value is -0.300. The van der Waals surface area contributed by atoms with Crippen molar-refractivity contribution in [2.45, 2.75) is 40.2 Å². The van der Waals surface area contributed by atoms with Gasteiger partial charge in [0, 0.05) is 0 Å². The van der Waals surface area contributed by atoms with Gasteiger partial charge in [0.15, 0.2) is 0 Å². The number of rotatable bonds is 2. The van der Waals surface area contributed by atoms with Gasteiger partial charge in [-0.05, 0) is 24.2 Å². The van der Waals surface area contributed by atoms with Gasteiger partial charge < -0.3 is 4.74 Å². The van der Waals surface area contributed by atoms with Crippen molar-refractivity contribution < 1.29 is 4.74 Å². The first-order valence-corrected chi connectivity index (χ1v) is 5.39. The highest BCUT2D eigenvalue weighted by Gasteiger charge is 2.27. The fraction of sp³-hybridized carbons (Fsp3) is 0.833. The van der Waals surface area contributed by atoms with Crippen LogP contribution in [0.3, 0.4) is 0 Å². The van der Waals surface area contributed by atoms with Crippen LogP contribution >= 0.6 is 0 Å². The van der Waals surface area contributed by atoms with E-state index in [2.05, 4.69) is 39.8 Å². The van der Waals surface area contributed by atoms with E-state index >= 15 is 0 Å². The molecule has 0 N–H and O–H groups in total. The first kappa shape index (κ1) is 10.8. The van der Waals surface area contributed by atoms with Crippen LogP contribution in [0.1, 0.15) is 34.1 Å². The Morgan fingerprint density at radius 1 is 1.08 bits per heavy atom. The molecule has 76 valence electrons. The molecule has 1 rings (SSSR count). The van der Waals surface area contributed by atoms with Gasteiger partial charge in [-0.1, -0.05) is 39.8 Å². The quantitative estimate of drug-likeness (QED) is 0.596. The summed E-state index contributed by atoms with van der Waals surface area (Å²) in [5, 5.41) is 0. The summed E-state index contributed by atoms with van der Waals surface area (Å²) in [4.78, 5) is 0. The van der Waals surface area contributed by atoms with Crippen LogP contribution in [0.25, 0.3) is 0 Å². The van der Waals surface area contributed by atoms with Crippen molar-refractivity contribution in [1.29, 1.82) is 0 Å². The molecule has 0 amide bonds. The topological polar surface area (TPSA) is 9.23 Å². The van der Waals surface area contributed by atoms with Crippen LogP contribution in [0.2, 0.25) is 0 Å². The Morgan fingerprint density at radius 2 is 1.77 bits per heavy atom. The van der Waals surface area contributed by atoms with Crippen molar-refractivity contribution in [3.05, 3.63) is 12.2 Å². The van der Waals surface area contributed by atoms with Gasteiger partial charge in [-0.3, -0.25) is 0 Å². The van der Waals surface area contributed by atoms with E-state index < -0.39 is 0 Å². The van der Waals surface area contributed by atoms with Gasteiger partial charge in [-0.25, -0.2) is 0 Å². The Bertz CT molecular complexity index is 170. The molecule has 0 aromatic heterocycles. The van der Waals surface area contributed by atoms with E-state index in [1.165, 1.54) is 6.42 Å². The fourth-order valence-electron chi connectivity index (χ4n) is 2.08. The van der Waals surface area contributed by atoms with E-state index in [1.54, 1.807) is 0 Å². The van der Waals surface area contributed by atoms with Crippen LogP contribution in [-0.2, 0) is 4.74 Å². The maximum absolute atomic E-state index is 5.85. The molecule has 0 radical (unpaired) electrons. The molecule has 1 aliphatic heterocycles. The second-order valence-corrected chi connectivity index (χ2v) is 4.66.